The molecule has 0 fully saturated rings. The third kappa shape index (κ3) is 1.55. The van der Waals surface area contributed by atoms with Gasteiger partial charge in [0.05, 0.1) is 10.7 Å². The van der Waals surface area contributed by atoms with E-state index < -0.39 is 5.82 Å². The molecule has 1 aromatic carbocycles. The van der Waals surface area contributed by atoms with E-state index in [1.807, 2.05) is 0 Å². The summed E-state index contributed by atoms with van der Waals surface area (Å²) in [6.07, 6.45) is 0. The van der Waals surface area contributed by atoms with Crippen LogP contribution >= 0.6 is 11.6 Å². The molecule has 2 rings (SSSR count). The predicted octanol–water partition coefficient (Wildman–Crippen LogP) is 2.77. The van der Waals surface area contributed by atoms with Crippen molar-refractivity contribution < 1.29 is 4.39 Å². The first kappa shape index (κ1) is 11.0. The minimum absolute atomic E-state index is 0.0835. The van der Waals surface area contributed by atoms with Crippen molar-refractivity contribution in [2.45, 2.75) is 6.92 Å². The Balaban J connectivity index is 2.72. The maximum absolute atomic E-state index is 13.8. The highest BCUT2D eigenvalue weighted by atomic mass is 35.5. The van der Waals surface area contributed by atoms with Crippen LogP contribution in [-0.2, 0) is 7.05 Å². The summed E-state index contributed by atoms with van der Waals surface area (Å²) < 4.78 is 15.4. The lowest BCUT2D eigenvalue weighted by molar-refractivity contribution is 0.631. The second-order valence-electron chi connectivity index (χ2n) is 3.57. The topological polar surface area (TPSA) is 43.8 Å². The minimum Gasteiger partial charge on any atom is -0.383 e. The molecule has 0 amide bonds. The van der Waals surface area contributed by atoms with E-state index >= 15 is 0 Å². The van der Waals surface area contributed by atoms with Gasteiger partial charge in [0.2, 0.25) is 0 Å². The molecule has 0 saturated carbocycles. The quantitative estimate of drug-likeness (QED) is 0.832. The zero-order chi connectivity index (χ0) is 11.9. The van der Waals surface area contributed by atoms with Crippen molar-refractivity contribution in [2.24, 2.45) is 7.05 Å². The summed E-state index contributed by atoms with van der Waals surface area (Å²) in [7, 11) is 1.72. The lowest BCUT2D eigenvalue weighted by atomic mass is 10.1. The smallest absolute Gasteiger partial charge is 0.149 e. The molecule has 5 heteroatoms. The fourth-order valence-corrected chi connectivity index (χ4v) is 1.88. The van der Waals surface area contributed by atoms with E-state index in [-0.39, 0.29) is 5.02 Å². The highest BCUT2D eigenvalue weighted by Crippen LogP contribution is 2.33. The minimum atomic E-state index is -0.466. The van der Waals surface area contributed by atoms with Crippen molar-refractivity contribution in [3.05, 3.63) is 34.7 Å². The van der Waals surface area contributed by atoms with E-state index in [1.54, 1.807) is 26.1 Å². The Morgan fingerprint density at radius 1 is 1.44 bits per heavy atom. The van der Waals surface area contributed by atoms with Gasteiger partial charge in [-0.1, -0.05) is 23.7 Å². The number of rotatable bonds is 1. The second kappa shape index (κ2) is 3.79. The molecule has 0 spiro atoms. The molecular formula is C11H11ClFN3. The number of anilines is 1. The number of hydrogen-bond donors (Lipinski definition) is 1. The van der Waals surface area contributed by atoms with Crippen molar-refractivity contribution in [1.82, 2.24) is 9.78 Å². The van der Waals surface area contributed by atoms with Crippen LogP contribution in [0.1, 0.15) is 5.69 Å². The van der Waals surface area contributed by atoms with Gasteiger partial charge in [-0.2, -0.15) is 5.10 Å². The second-order valence-corrected chi connectivity index (χ2v) is 3.98. The summed E-state index contributed by atoms with van der Waals surface area (Å²) in [4.78, 5) is 0. The van der Waals surface area contributed by atoms with Gasteiger partial charge in [0, 0.05) is 18.2 Å². The normalized spacial score (nSPS) is 10.8. The van der Waals surface area contributed by atoms with Gasteiger partial charge in [-0.15, -0.1) is 0 Å². The molecule has 2 N–H and O–H groups in total. The molecule has 0 radical (unpaired) electrons. The molecule has 1 aromatic heterocycles. The van der Waals surface area contributed by atoms with Crippen molar-refractivity contribution in [1.29, 1.82) is 0 Å². The van der Waals surface area contributed by atoms with Crippen LogP contribution in [0.15, 0.2) is 18.2 Å². The molecule has 0 aliphatic rings. The SMILES string of the molecule is Cc1nn(C)c(N)c1-c1cccc(Cl)c1F. The highest BCUT2D eigenvalue weighted by molar-refractivity contribution is 6.31. The van der Waals surface area contributed by atoms with Crippen LogP contribution in [0.2, 0.25) is 5.02 Å². The number of nitrogen functional groups attached to an aromatic ring is 1. The molecule has 16 heavy (non-hydrogen) atoms. The summed E-state index contributed by atoms with van der Waals surface area (Å²) in [5.74, 6) is -0.0365. The molecule has 0 aliphatic carbocycles. The average molecular weight is 240 g/mol. The van der Waals surface area contributed by atoms with E-state index in [2.05, 4.69) is 5.10 Å². The molecule has 0 atom stereocenters. The molecule has 0 aliphatic heterocycles. The Bertz CT molecular complexity index is 548. The average Bonchev–Trinajstić information content (AvgIpc) is 2.47. The Labute approximate surface area is 97.6 Å². The van der Waals surface area contributed by atoms with E-state index in [1.165, 1.54) is 10.7 Å². The maximum Gasteiger partial charge on any atom is 0.149 e. The van der Waals surface area contributed by atoms with E-state index in [4.69, 9.17) is 17.3 Å². The van der Waals surface area contributed by atoms with Crippen molar-refractivity contribution >= 4 is 17.4 Å². The first-order chi connectivity index (χ1) is 7.52. The van der Waals surface area contributed by atoms with Crippen molar-refractivity contribution in [3.63, 3.8) is 0 Å². The standard InChI is InChI=1S/C11H11ClFN3/c1-6-9(11(14)16(2)15-6)7-4-3-5-8(12)10(7)13/h3-5H,14H2,1-2H3. The van der Waals surface area contributed by atoms with Gasteiger partial charge >= 0.3 is 0 Å². The van der Waals surface area contributed by atoms with Gasteiger partial charge in [-0.05, 0) is 13.0 Å². The van der Waals surface area contributed by atoms with Gasteiger partial charge in [0.15, 0.2) is 0 Å². The number of nitrogens with zero attached hydrogens (tertiary/aromatic N) is 2. The molecule has 1 heterocycles. The fourth-order valence-electron chi connectivity index (χ4n) is 1.71. The number of halogens is 2. The maximum atomic E-state index is 13.8. The third-order valence-corrected chi connectivity index (χ3v) is 2.78. The summed E-state index contributed by atoms with van der Waals surface area (Å²) >= 11 is 5.73. The summed E-state index contributed by atoms with van der Waals surface area (Å²) in [5, 5.41) is 4.22. The van der Waals surface area contributed by atoms with Crippen LogP contribution < -0.4 is 5.73 Å². The van der Waals surface area contributed by atoms with Gasteiger partial charge in [-0.25, -0.2) is 4.39 Å². The van der Waals surface area contributed by atoms with E-state index in [0.29, 0.717) is 22.6 Å². The largest absolute Gasteiger partial charge is 0.383 e. The molecular weight excluding hydrogens is 229 g/mol. The zero-order valence-corrected chi connectivity index (χ0v) is 9.72. The molecule has 0 saturated heterocycles. The molecule has 0 unspecified atom stereocenters. The van der Waals surface area contributed by atoms with E-state index in [9.17, 15) is 4.39 Å². The first-order valence-electron chi connectivity index (χ1n) is 4.76. The number of hydrogen-bond acceptors (Lipinski definition) is 2. The fraction of sp³-hybridized carbons (Fsp3) is 0.182. The highest BCUT2D eigenvalue weighted by Gasteiger charge is 2.17. The van der Waals surface area contributed by atoms with Gasteiger partial charge < -0.3 is 5.73 Å². The van der Waals surface area contributed by atoms with Crippen LogP contribution in [0.3, 0.4) is 0 Å². The van der Waals surface area contributed by atoms with Gasteiger partial charge in [0.25, 0.3) is 0 Å². The van der Waals surface area contributed by atoms with E-state index in [0.717, 1.165) is 0 Å². The number of nitrogens with two attached hydrogens (primary N) is 1. The van der Waals surface area contributed by atoms with Gasteiger partial charge in [0.1, 0.15) is 11.6 Å². The molecule has 84 valence electrons. The van der Waals surface area contributed by atoms with Crippen molar-refractivity contribution in [2.75, 3.05) is 5.73 Å². The third-order valence-electron chi connectivity index (χ3n) is 2.49. The Morgan fingerprint density at radius 3 is 2.69 bits per heavy atom. The monoisotopic (exact) mass is 239 g/mol. The summed E-state index contributed by atoms with van der Waals surface area (Å²) in [5.41, 5.74) is 7.51. The molecule has 3 nitrogen and oxygen atoms in total. The van der Waals surface area contributed by atoms with Crippen LogP contribution in [0.5, 0.6) is 0 Å². The number of aromatic nitrogens is 2. The predicted molar refractivity (Wildman–Crippen MR) is 62.8 cm³/mol. The summed E-state index contributed by atoms with van der Waals surface area (Å²) in [6.45, 7) is 1.78. The van der Waals surface area contributed by atoms with Gasteiger partial charge in [-0.3, -0.25) is 4.68 Å². The summed E-state index contributed by atoms with van der Waals surface area (Å²) in [6, 6.07) is 4.83. The molecule has 2 aromatic rings. The lowest BCUT2D eigenvalue weighted by Crippen LogP contribution is -1.98. The Hall–Kier alpha value is -1.55. The van der Waals surface area contributed by atoms with Crippen LogP contribution in [-0.4, -0.2) is 9.78 Å². The first-order valence-corrected chi connectivity index (χ1v) is 5.13. The van der Waals surface area contributed by atoms with Crippen molar-refractivity contribution in [3.8, 4) is 11.1 Å². The zero-order valence-electron chi connectivity index (χ0n) is 8.96. The number of aryl methyl sites for hydroxylation is 2. The van der Waals surface area contributed by atoms with Crippen LogP contribution in [0.4, 0.5) is 10.2 Å². The van der Waals surface area contributed by atoms with Crippen LogP contribution in [0.25, 0.3) is 11.1 Å². The van der Waals surface area contributed by atoms with Crippen LogP contribution in [0, 0.1) is 12.7 Å². The Morgan fingerprint density at radius 2 is 2.12 bits per heavy atom. The Kier molecular flexibility index (Phi) is 2.59. The lowest BCUT2D eigenvalue weighted by Gasteiger charge is -2.04. The molecule has 0 bridgehead atoms. The number of benzene rings is 1.